The lowest BCUT2D eigenvalue weighted by molar-refractivity contribution is -0.161. The van der Waals surface area contributed by atoms with Crippen molar-refractivity contribution in [3.05, 3.63) is 23.3 Å². The van der Waals surface area contributed by atoms with Gasteiger partial charge in [0.25, 0.3) is 0 Å². The number of hydrogen-bond acceptors (Lipinski definition) is 7. The predicted octanol–water partition coefficient (Wildman–Crippen LogP) is 2.60. The van der Waals surface area contributed by atoms with Crippen LogP contribution in [0.15, 0.2) is 16.6 Å². The second-order valence-corrected chi connectivity index (χ2v) is 4.92. The van der Waals surface area contributed by atoms with Gasteiger partial charge in [-0.2, -0.15) is 13.2 Å². The van der Waals surface area contributed by atoms with Gasteiger partial charge in [-0.15, -0.1) is 0 Å². The van der Waals surface area contributed by atoms with Gasteiger partial charge in [-0.3, -0.25) is 0 Å². The van der Waals surface area contributed by atoms with Crippen LogP contribution in [0.5, 0.6) is 11.5 Å². The molecule has 2 aromatic heterocycles. The largest absolute Gasteiger partial charge is 0.452 e. The van der Waals surface area contributed by atoms with Crippen LogP contribution in [0.1, 0.15) is 27.6 Å². The monoisotopic (exact) mass is 344 g/mol. The molecule has 126 valence electrons. The summed E-state index contributed by atoms with van der Waals surface area (Å²) >= 11 is 0. The summed E-state index contributed by atoms with van der Waals surface area (Å²) in [5, 5.41) is 0. The van der Waals surface area contributed by atoms with E-state index in [0.29, 0.717) is 0 Å². The van der Waals surface area contributed by atoms with Gasteiger partial charge in [0.15, 0.2) is 17.8 Å². The van der Waals surface area contributed by atoms with Gasteiger partial charge in [-0.1, -0.05) is 6.58 Å². The number of carbonyl (C=O) groups is 3. The summed E-state index contributed by atoms with van der Waals surface area (Å²) in [6.07, 6.45) is -4.75. The summed E-state index contributed by atoms with van der Waals surface area (Å²) in [7, 11) is 0. The molecule has 0 aliphatic carbocycles. The molecule has 0 amide bonds. The van der Waals surface area contributed by atoms with Crippen molar-refractivity contribution < 1.29 is 46.2 Å². The summed E-state index contributed by atoms with van der Waals surface area (Å²) in [5.41, 5.74) is -1.53. The van der Waals surface area contributed by atoms with Crippen LogP contribution in [0, 0.1) is 0 Å². The van der Waals surface area contributed by atoms with Crippen LogP contribution in [-0.4, -0.2) is 30.7 Å². The molecule has 2 aromatic rings. The molecule has 7 nitrogen and oxygen atoms in total. The van der Waals surface area contributed by atoms with Gasteiger partial charge in [0.2, 0.25) is 11.5 Å². The van der Waals surface area contributed by atoms with Crippen LogP contribution in [0.4, 0.5) is 13.2 Å². The molecule has 2 bridgehead atoms. The fourth-order valence-electron chi connectivity index (χ4n) is 2.08. The second-order valence-electron chi connectivity index (χ2n) is 4.92. The fourth-order valence-corrected chi connectivity index (χ4v) is 2.08. The lowest BCUT2D eigenvalue weighted by Crippen LogP contribution is -2.21. The first-order valence-corrected chi connectivity index (χ1v) is 6.35. The SMILES string of the molecule is C=C(C)C(=O)Oc1c2c3oc1c(C(=O)OCC(F)(F)F)c3C(=O)O2. The Kier molecular flexibility index (Phi) is 3.29. The van der Waals surface area contributed by atoms with Crippen LogP contribution in [0.3, 0.4) is 0 Å². The van der Waals surface area contributed by atoms with Crippen molar-refractivity contribution in [1.29, 1.82) is 0 Å². The molecule has 0 saturated heterocycles. The molecule has 3 rings (SSSR count). The van der Waals surface area contributed by atoms with E-state index >= 15 is 0 Å². The normalized spacial score (nSPS) is 13.2. The number of rotatable bonds is 4. The van der Waals surface area contributed by atoms with E-state index in [9.17, 15) is 27.6 Å². The van der Waals surface area contributed by atoms with Gasteiger partial charge in [0, 0.05) is 5.57 Å². The van der Waals surface area contributed by atoms with Gasteiger partial charge < -0.3 is 18.6 Å². The van der Waals surface area contributed by atoms with Crippen molar-refractivity contribution in [1.82, 2.24) is 0 Å². The molecular formula is C14H7F3O7. The van der Waals surface area contributed by atoms with Crippen LogP contribution in [0.25, 0.3) is 11.2 Å². The lowest BCUT2D eigenvalue weighted by atomic mass is 10.1. The molecular weight excluding hydrogens is 337 g/mol. The number of benzene rings is 1. The molecule has 0 N–H and O–H groups in total. The maximum absolute atomic E-state index is 12.2. The quantitative estimate of drug-likeness (QED) is 0.478. The van der Waals surface area contributed by atoms with E-state index < -0.39 is 41.8 Å². The maximum Gasteiger partial charge on any atom is 0.422 e. The summed E-state index contributed by atoms with van der Waals surface area (Å²) in [5.74, 6) is -3.96. The molecule has 3 heterocycles. The smallest absolute Gasteiger partial charge is 0.422 e. The van der Waals surface area contributed by atoms with Crippen molar-refractivity contribution in [2.45, 2.75) is 13.1 Å². The highest BCUT2D eigenvalue weighted by Gasteiger charge is 2.44. The summed E-state index contributed by atoms with van der Waals surface area (Å²) in [4.78, 5) is 35.3. The number of furan rings is 2. The van der Waals surface area contributed by atoms with Gasteiger partial charge in [-0.25, -0.2) is 14.4 Å². The van der Waals surface area contributed by atoms with Crippen molar-refractivity contribution in [3.63, 3.8) is 0 Å². The van der Waals surface area contributed by atoms with Crippen molar-refractivity contribution >= 4 is 29.1 Å². The maximum atomic E-state index is 12.2. The Morgan fingerprint density at radius 1 is 1.25 bits per heavy atom. The Morgan fingerprint density at radius 2 is 1.92 bits per heavy atom. The Morgan fingerprint density at radius 3 is 2.50 bits per heavy atom. The topological polar surface area (TPSA) is 92.0 Å². The number of fused-ring (bicyclic) bond motifs is 1. The molecule has 1 aliphatic heterocycles. The number of halogens is 3. The highest BCUT2D eigenvalue weighted by molar-refractivity contribution is 6.20. The van der Waals surface area contributed by atoms with E-state index in [-0.39, 0.29) is 28.2 Å². The van der Waals surface area contributed by atoms with Crippen molar-refractivity contribution in [2.75, 3.05) is 6.61 Å². The van der Waals surface area contributed by atoms with E-state index in [4.69, 9.17) is 13.9 Å². The van der Waals surface area contributed by atoms with Crippen LogP contribution >= 0.6 is 0 Å². The van der Waals surface area contributed by atoms with Crippen LogP contribution in [0.2, 0.25) is 0 Å². The minimum absolute atomic E-state index is 0.00574. The summed E-state index contributed by atoms with van der Waals surface area (Å²) in [6.45, 7) is 2.85. The molecule has 0 unspecified atom stereocenters. The molecule has 24 heavy (non-hydrogen) atoms. The molecule has 1 aliphatic rings. The standard InChI is InChI=1S/C14H7F3O7/c1-4(2)11(18)23-9-7-5(12(19)21-3-14(15,16)17)6-8(22-7)10(9)24-13(6)20/h1,3H2,2H3. The van der Waals surface area contributed by atoms with E-state index in [0.717, 1.165) is 0 Å². The number of hydrogen-bond donors (Lipinski definition) is 0. The Balaban J connectivity index is 2.00. The van der Waals surface area contributed by atoms with Gasteiger partial charge >= 0.3 is 24.1 Å². The number of ether oxygens (including phenoxy) is 3. The molecule has 0 aromatic carbocycles. The zero-order valence-corrected chi connectivity index (χ0v) is 11.9. The lowest BCUT2D eigenvalue weighted by Gasteiger charge is -2.07. The van der Waals surface area contributed by atoms with E-state index in [1.165, 1.54) is 6.92 Å². The molecule has 0 atom stereocenters. The van der Waals surface area contributed by atoms with E-state index in [1.54, 1.807) is 0 Å². The van der Waals surface area contributed by atoms with Gasteiger partial charge in [-0.05, 0) is 6.92 Å². The first-order valence-electron chi connectivity index (χ1n) is 6.35. The van der Waals surface area contributed by atoms with Crippen LogP contribution < -0.4 is 9.47 Å². The Bertz CT molecular complexity index is 890. The third-order valence-corrected chi connectivity index (χ3v) is 3.04. The minimum atomic E-state index is -4.75. The first kappa shape index (κ1) is 15.8. The van der Waals surface area contributed by atoms with Gasteiger partial charge in [0.1, 0.15) is 11.1 Å². The predicted molar refractivity (Wildman–Crippen MR) is 69.1 cm³/mol. The molecule has 0 fully saturated rings. The molecule has 0 spiro atoms. The fraction of sp³-hybridized carbons (Fsp3) is 0.214. The highest BCUT2D eigenvalue weighted by atomic mass is 19.4. The first-order chi connectivity index (χ1) is 11.1. The molecule has 10 heteroatoms. The Hall–Kier alpha value is -3.04. The third-order valence-electron chi connectivity index (χ3n) is 3.04. The summed E-state index contributed by atoms with van der Waals surface area (Å²) < 4.78 is 55.5. The second kappa shape index (κ2) is 4.98. The van der Waals surface area contributed by atoms with Crippen molar-refractivity contribution in [2.24, 2.45) is 0 Å². The van der Waals surface area contributed by atoms with Crippen LogP contribution in [-0.2, 0) is 9.53 Å². The van der Waals surface area contributed by atoms with Crippen molar-refractivity contribution in [3.8, 4) is 11.5 Å². The summed E-state index contributed by atoms with van der Waals surface area (Å²) in [6, 6.07) is 0. The van der Waals surface area contributed by atoms with Gasteiger partial charge in [0.05, 0.1) is 0 Å². The highest BCUT2D eigenvalue weighted by Crippen LogP contribution is 2.52. The molecule has 0 saturated carbocycles. The number of carbonyl (C=O) groups excluding carboxylic acids is 3. The molecule has 0 radical (unpaired) electrons. The average Bonchev–Trinajstić information content (AvgIpc) is 3.06. The Labute approximate surface area is 130 Å². The van der Waals surface area contributed by atoms with E-state index in [2.05, 4.69) is 11.3 Å². The number of alkyl halides is 3. The average molecular weight is 344 g/mol. The number of esters is 3. The minimum Gasteiger partial charge on any atom is -0.452 e. The zero-order valence-electron chi connectivity index (χ0n) is 11.9. The van der Waals surface area contributed by atoms with E-state index in [1.807, 2.05) is 0 Å². The zero-order chi connectivity index (χ0) is 17.8. The third kappa shape index (κ3) is 2.36.